The van der Waals surface area contributed by atoms with Crippen molar-refractivity contribution in [2.24, 2.45) is 4.99 Å². The first-order chi connectivity index (χ1) is 14.3. The summed E-state index contributed by atoms with van der Waals surface area (Å²) in [7, 11) is 1.78. The number of hydrogen-bond donors (Lipinski definition) is 2. The molecule has 0 unspecified atom stereocenters. The molecular weight excluding hydrogens is 366 g/mol. The lowest BCUT2D eigenvalue weighted by Gasteiger charge is -2.12. The summed E-state index contributed by atoms with van der Waals surface area (Å²) in [5.41, 5.74) is 1.27. The maximum Gasteiger partial charge on any atom is 0.190 e. The predicted molar refractivity (Wildman–Crippen MR) is 114 cm³/mol. The fourth-order valence-corrected chi connectivity index (χ4v) is 2.95. The highest BCUT2D eigenvalue weighted by atomic mass is 16.5. The maximum atomic E-state index is 5.58. The van der Waals surface area contributed by atoms with Crippen LogP contribution in [-0.4, -0.2) is 42.3 Å². The molecule has 3 rings (SSSR count). The molecule has 0 aliphatic carbocycles. The number of furan rings is 1. The van der Waals surface area contributed by atoms with E-state index in [2.05, 4.69) is 49.4 Å². The van der Waals surface area contributed by atoms with E-state index in [0.29, 0.717) is 13.2 Å². The van der Waals surface area contributed by atoms with Gasteiger partial charge < -0.3 is 24.4 Å². The molecule has 0 saturated carbocycles. The number of benzene rings is 1. The normalized spacial score (nSPS) is 11.6. The molecule has 0 aliphatic heterocycles. The van der Waals surface area contributed by atoms with Gasteiger partial charge in [0.25, 0.3) is 0 Å². The molecule has 0 atom stereocenters. The highest BCUT2D eigenvalue weighted by molar-refractivity contribution is 5.79. The molecule has 3 aromatic rings. The first kappa shape index (κ1) is 20.7. The minimum Gasteiger partial charge on any atom is -0.467 e. The number of nitrogens with one attached hydrogen (secondary N) is 2. The largest absolute Gasteiger partial charge is 0.467 e. The third-order valence-corrected chi connectivity index (χ3v) is 4.44. The molecule has 154 valence electrons. The van der Waals surface area contributed by atoms with E-state index in [0.717, 1.165) is 50.0 Å². The molecular formula is C22H29N5O2. The van der Waals surface area contributed by atoms with Gasteiger partial charge in [0, 0.05) is 52.1 Å². The lowest BCUT2D eigenvalue weighted by molar-refractivity contribution is 0.105. The molecule has 0 spiro atoms. The van der Waals surface area contributed by atoms with Crippen molar-refractivity contribution in [3.05, 3.63) is 78.3 Å². The van der Waals surface area contributed by atoms with Crippen molar-refractivity contribution in [2.45, 2.75) is 26.0 Å². The summed E-state index contributed by atoms with van der Waals surface area (Å²) in [6.07, 6.45) is 7.26. The monoisotopic (exact) mass is 395 g/mol. The zero-order valence-electron chi connectivity index (χ0n) is 16.9. The van der Waals surface area contributed by atoms with E-state index < -0.39 is 0 Å². The van der Waals surface area contributed by atoms with Crippen LogP contribution in [0.1, 0.15) is 23.6 Å². The second kappa shape index (κ2) is 11.7. The van der Waals surface area contributed by atoms with Crippen molar-refractivity contribution < 1.29 is 9.15 Å². The molecule has 1 aromatic carbocycles. The third kappa shape index (κ3) is 7.12. The van der Waals surface area contributed by atoms with Crippen LogP contribution in [0.25, 0.3) is 0 Å². The van der Waals surface area contributed by atoms with Crippen LogP contribution in [0.2, 0.25) is 0 Å². The average molecular weight is 396 g/mol. The van der Waals surface area contributed by atoms with Crippen molar-refractivity contribution >= 4 is 5.96 Å². The van der Waals surface area contributed by atoms with Crippen molar-refractivity contribution in [1.29, 1.82) is 0 Å². The van der Waals surface area contributed by atoms with Crippen molar-refractivity contribution in [2.75, 3.05) is 26.7 Å². The van der Waals surface area contributed by atoms with Gasteiger partial charge in [-0.05, 0) is 24.1 Å². The Hall–Kier alpha value is -3.06. The van der Waals surface area contributed by atoms with E-state index in [9.17, 15) is 0 Å². The van der Waals surface area contributed by atoms with E-state index in [1.54, 1.807) is 13.3 Å². The molecule has 0 radical (unpaired) electrons. The van der Waals surface area contributed by atoms with Crippen molar-refractivity contribution in [3.8, 4) is 0 Å². The number of guanidine groups is 1. The zero-order valence-corrected chi connectivity index (χ0v) is 16.9. The van der Waals surface area contributed by atoms with E-state index >= 15 is 0 Å². The third-order valence-electron chi connectivity index (χ3n) is 4.44. The van der Waals surface area contributed by atoms with Crippen LogP contribution in [-0.2, 0) is 24.3 Å². The van der Waals surface area contributed by atoms with Crippen molar-refractivity contribution in [3.63, 3.8) is 0 Å². The Morgan fingerprint density at radius 3 is 2.79 bits per heavy atom. The van der Waals surface area contributed by atoms with E-state index in [1.165, 1.54) is 5.56 Å². The summed E-state index contributed by atoms with van der Waals surface area (Å²) in [5, 5.41) is 6.65. The number of imidazole rings is 1. The average Bonchev–Trinajstić information content (AvgIpc) is 3.42. The minimum absolute atomic E-state index is 0.510. The molecule has 2 aromatic heterocycles. The van der Waals surface area contributed by atoms with Gasteiger partial charge in [0.1, 0.15) is 18.2 Å². The Bertz CT molecular complexity index is 843. The number of rotatable bonds is 11. The fourth-order valence-electron chi connectivity index (χ4n) is 2.95. The van der Waals surface area contributed by atoms with Gasteiger partial charge in [-0.2, -0.15) is 0 Å². The van der Waals surface area contributed by atoms with E-state index in [1.807, 2.05) is 30.6 Å². The van der Waals surface area contributed by atoms with Gasteiger partial charge in [0.2, 0.25) is 0 Å². The Kier molecular flexibility index (Phi) is 8.34. The summed E-state index contributed by atoms with van der Waals surface area (Å²) in [6.45, 7) is 3.57. The summed E-state index contributed by atoms with van der Waals surface area (Å²) in [5.74, 6) is 2.70. The molecule has 2 heterocycles. The van der Waals surface area contributed by atoms with Gasteiger partial charge in [-0.25, -0.2) is 4.98 Å². The van der Waals surface area contributed by atoms with Gasteiger partial charge in [0.15, 0.2) is 5.96 Å². The lowest BCUT2D eigenvalue weighted by atomic mass is 10.2. The van der Waals surface area contributed by atoms with Crippen LogP contribution in [0.5, 0.6) is 0 Å². The highest BCUT2D eigenvalue weighted by Crippen LogP contribution is 2.06. The second-order valence-electron chi connectivity index (χ2n) is 6.62. The number of aliphatic imine (C=N–C) groups is 1. The van der Waals surface area contributed by atoms with E-state index in [4.69, 9.17) is 9.15 Å². The van der Waals surface area contributed by atoms with Crippen molar-refractivity contribution in [1.82, 2.24) is 20.2 Å². The molecule has 0 bridgehead atoms. The second-order valence-corrected chi connectivity index (χ2v) is 6.62. The number of aromatic nitrogens is 2. The minimum atomic E-state index is 0.510. The summed E-state index contributed by atoms with van der Waals surface area (Å²) >= 11 is 0. The molecule has 0 aliphatic rings. The predicted octanol–water partition coefficient (Wildman–Crippen LogP) is 2.84. The van der Waals surface area contributed by atoms with Crippen LogP contribution in [0.15, 0.2) is 70.5 Å². The smallest absolute Gasteiger partial charge is 0.190 e. The Balaban J connectivity index is 1.31. The number of hydrogen-bond acceptors (Lipinski definition) is 4. The molecule has 7 heteroatoms. The quantitative estimate of drug-likeness (QED) is 0.297. The standard InChI is InChI=1S/C22H29N5O2/c1-23-22(25-11-6-15-28-18-20-9-5-16-29-20)26-12-10-21-24-13-14-27(21)17-19-7-3-2-4-8-19/h2-5,7-9,13-14,16H,6,10-12,15,17-18H2,1H3,(H2,23,25,26). The van der Waals surface area contributed by atoms with Crippen LogP contribution < -0.4 is 10.6 Å². The lowest BCUT2D eigenvalue weighted by Crippen LogP contribution is -2.39. The SMILES string of the molecule is CN=C(NCCCOCc1ccco1)NCCc1nccn1Cc1ccccc1. The van der Waals surface area contributed by atoms with Gasteiger partial charge in [-0.15, -0.1) is 0 Å². The summed E-state index contributed by atoms with van der Waals surface area (Å²) < 4.78 is 13.0. The summed E-state index contributed by atoms with van der Waals surface area (Å²) in [4.78, 5) is 8.76. The fraction of sp³-hybridized carbons (Fsp3) is 0.364. The Morgan fingerprint density at radius 2 is 2.00 bits per heavy atom. The topological polar surface area (TPSA) is 76.6 Å². The summed E-state index contributed by atoms with van der Waals surface area (Å²) in [6, 6.07) is 14.2. The molecule has 0 fully saturated rings. The first-order valence-corrected chi connectivity index (χ1v) is 9.93. The Morgan fingerprint density at radius 1 is 1.14 bits per heavy atom. The molecule has 0 amide bonds. The van der Waals surface area contributed by atoms with Gasteiger partial charge in [-0.3, -0.25) is 4.99 Å². The van der Waals surface area contributed by atoms with E-state index in [-0.39, 0.29) is 0 Å². The first-order valence-electron chi connectivity index (χ1n) is 9.93. The Labute approximate surface area is 171 Å². The van der Waals surface area contributed by atoms with Gasteiger partial charge in [0.05, 0.1) is 6.26 Å². The maximum absolute atomic E-state index is 5.58. The molecule has 0 saturated heterocycles. The van der Waals surface area contributed by atoms with Crippen LogP contribution in [0, 0.1) is 0 Å². The molecule has 2 N–H and O–H groups in total. The highest BCUT2D eigenvalue weighted by Gasteiger charge is 2.04. The van der Waals surface area contributed by atoms with Gasteiger partial charge >= 0.3 is 0 Å². The number of ether oxygens (including phenoxy) is 1. The van der Waals surface area contributed by atoms with Gasteiger partial charge in [-0.1, -0.05) is 30.3 Å². The van der Waals surface area contributed by atoms with Crippen LogP contribution in [0.3, 0.4) is 0 Å². The number of nitrogens with zero attached hydrogens (tertiary/aromatic N) is 3. The van der Waals surface area contributed by atoms with Crippen LogP contribution in [0.4, 0.5) is 0 Å². The molecule has 29 heavy (non-hydrogen) atoms. The molecule has 7 nitrogen and oxygen atoms in total. The van der Waals surface area contributed by atoms with Crippen LogP contribution >= 0.6 is 0 Å². The zero-order chi connectivity index (χ0) is 20.2.